The first-order chi connectivity index (χ1) is 17.0. The normalized spacial score (nSPS) is 41.5. The zero-order valence-electron chi connectivity index (χ0n) is 21.3. The van der Waals surface area contributed by atoms with E-state index in [4.69, 9.17) is 33.7 Å². The van der Waals surface area contributed by atoms with Crippen molar-refractivity contribution in [3.05, 3.63) is 23.8 Å². The van der Waals surface area contributed by atoms with Crippen LogP contribution in [0.5, 0.6) is 0 Å². The van der Waals surface area contributed by atoms with Gasteiger partial charge in [-0.3, -0.25) is 14.4 Å². The number of Topliss-reactive ketones (excluding diaryl/α,β-unsaturated/α-hetero) is 1. The van der Waals surface area contributed by atoms with Gasteiger partial charge >= 0.3 is 13.8 Å². The number of fused-ring (bicyclic) bond motifs is 7. The molecule has 37 heavy (non-hydrogen) atoms. The molecule has 5 aliphatic rings. The molecule has 11 nitrogen and oxygen atoms in total. The van der Waals surface area contributed by atoms with Crippen molar-refractivity contribution in [2.45, 2.75) is 71.1 Å². The van der Waals surface area contributed by atoms with Crippen molar-refractivity contribution in [1.29, 1.82) is 0 Å². The van der Waals surface area contributed by atoms with E-state index in [9.17, 15) is 19.5 Å². The fraction of sp³-hybridized carbons (Fsp3) is 0.680. The van der Waals surface area contributed by atoms with Gasteiger partial charge in [-0.15, -0.1) is 0 Å². The largest absolute Gasteiger partial charge is 0.475 e. The van der Waals surface area contributed by atoms with Crippen LogP contribution in [-0.2, 0) is 28.4 Å². The highest BCUT2D eigenvalue weighted by Gasteiger charge is 2.74. The van der Waals surface area contributed by atoms with Crippen LogP contribution in [0.2, 0.25) is 0 Å². The second kappa shape index (κ2) is 9.24. The van der Waals surface area contributed by atoms with Gasteiger partial charge in [-0.2, -0.15) is 0 Å². The molecule has 0 spiro atoms. The number of esters is 1. The standard InChI is InChI=1S/C25H31NO6.H3O4P/c1-13-26-25(20(30)12-31-14(2)27)21(32-13)10-18-17-6-5-15-9-16(28)7-8-23(15,3)22(17)19(29)11-24(18,25)4;1-5(2,3)4/h7-9,17-19,21-22,29H,5-6,10-12H2,1-4H3;(H3,1,2,3,4)/t17-,18-,19-,21+,22+,23-,24-,25+;/m0./s1. The summed E-state index contributed by atoms with van der Waals surface area (Å²) in [6.45, 7) is 6.88. The molecule has 0 radical (unpaired) electrons. The number of ketones is 2. The molecule has 3 fully saturated rings. The molecule has 1 aliphatic heterocycles. The van der Waals surface area contributed by atoms with Crippen LogP contribution in [-0.4, -0.2) is 67.6 Å². The Labute approximate surface area is 214 Å². The lowest BCUT2D eigenvalue weighted by Crippen LogP contribution is -2.62. The van der Waals surface area contributed by atoms with Gasteiger partial charge in [-0.25, -0.2) is 9.56 Å². The summed E-state index contributed by atoms with van der Waals surface area (Å²) in [6.07, 6.45) is 7.01. The molecule has 204 valence electrons. The van der Waals surface area contributed by atoms with E-state index in [1.807, 2.05) is 6.08 Å². The molecule has 12 heteroatoms. The number of nitrogens with zero attached hydrogens (tertiary/aromatic N) is 1. The lowest BCUT2D eigenvalue weighted by atomic mass is 9.46. The van der Waals surface area contributed by atoms with Crippen molar-refractivity contribution in [3.8, 4) is 0 Å². The molecule has 8 atom stereocenters. The van der Waals surface area contributed by atoms with E-state index >= 15 is 0 Å². The number of phosphoric acid groups is 1. The fourth-order valence-corrected chi connectivity index (χ4v) is 7.97. The zero-order valence-corrected chi connectivity index (χ0v) is 22.2. The van der Waals surface area contributed by atoms with Crippen molar-refractivity contribution >= 4 is 31.3 Å². The summed E-state index contributed by atoms with van der Waals surface area (Å²) in [4.78, 5) is 63.3. The van der Waals surface area contributed by atoms with E-state index in [1.54, 1.807) is 19.1 Å². The van der Waals surface area contributed by atoms with E-state index in [1.165, 1.54) is 6.92 Å². The molecule has 0 amide bonds. The number of carbonyl (C=O) groups excluding carboxylic acids is 3. The van der Waals surface area contributed by atoms with Crippen LogP contribution in [0.1, 0.15) is 53.4 Å². The van der Waals surface area contributed by atoms with Gasteiger partial charge in [0.25, 0.3) is 0 Å². The maximum absolute atomic E-state index is 13.5. The lowest BCUT2D eigenvalue weighted by molar-refractivity contribution is -0.155. The number of allylic oxidation sites excluding steroid dienone is 4. The van der Waals surface area contributed by atoms with Crippen molar-refractivity contribution in [1.82, 2.24) is 0 Å². The van der Waals surface area contributed by atoms with Gasteiger partial charge in [0.05, 0.1) is 6.10 Å². The molecule has 0 bridgehead atoms. The number of hydrogen-bond donors (Lipinski definition) is 4. The first-order valence-electron chi connectivity index (χ1n) is 12.3. The molecule has 0 aromatic rings. The summed E-state index contributed by atoms with van der Waals surface area (Å²) in [5, 5.41) is 11.6. The number of ether oxygens (including phenoxy) is 2. The second-order valence-corrected chi connectivity index (χ2v) is 12.2. The predicted octanol–water partition coefficient (Wildman–Crippen LogP) is 1.63. The molecule has 0 aromatic carbocycles. The molecule has 1 heterocycles. The minimum Gasteiger partial charge on any atom is -0.475 e. The Morgan fingerprint density at radius 1 is 1.27 bits per heavy atom. The average molecular weight is 540 g/mol. The summed E-state index contributed by atoms with van der Waals surface area (Å²) in [6, 6.07) is 0. The molecule has 0 unspecified atom stereocenters. The fourth-order valence-electron chi connectivity index (χ4n) is 7.97. The summed E-state index contributed by atoms with van der Waals surface area (Å²) < 4.78 is 20.0. The molecule has 0 saturated heterocycles. The average Bonchev–Trinajstić information content (AvgIpc) is 3.21. The molecule has 4 N–H and O–H groups in total. The lowest BCUT2D eigenvalue weighted by Gasteiger charge is -2.59. The van der Waals surface area contributed by atoms with Crippen LogP contribution in [0.15, 0.2) is 28.8 Å². The minimum absolute atomic E-state index is 0.00898. The van der Waals surface area contributed by atoms with Gasteiger partial charge in [0, 0.05) is 30.6 Å². The highest BCUT2D eigenvalue weighted by atomic mass is 31.2. The summed E-state index contributed by atoms with van der Waals surface area (Å²) in [7, 11) is -4.64. The summed E-state index contributed by atoms with van der Waals surface area (Å²) >= 11 is 0. The third-order valence-electron chi connectivity index (χ3n) is 9.17. The minimum atomic E-state index is -4.64. The summed E-state index contributed by atoms with van der Waals surface area (Å²) in [5.41, 5.74) is -1.04. The van der Waals surface area contributed by atoms with E-state index < -0.39 is 37.0 Å². The number of aliphatic imine (C=N–C) groups is 1. The van der Waals surface area contributed by atoms with Crippen molar-refractivity contribution in [3.63, 3.8) is 0 Å². The van der Waals surface area contributed by atoms with Crippen molar-refractivity contribution < 1.29 is 48.2 Å². The third kappa shape index (κ3) is 4.55. The molecule has 4 aliphatic carbocycles. The first-order valence-corrected chi connectivity index (χ1v) is 13.9. The van der Waals surface area contributed by atoms with Crippen molar-refractivity contribution in [2.24, 2.45) is 33.6 Å². The quantitative estimate of drug-likeness (QED) is 0.304. The van der Waals surface area contributed by atoms with E-state index in [0.717, 1.165) is 18.4 Å². The Bertz CT molecular complexity index is 1150. The van der Waals surface area contributed by atoms with Crippen LogP contribution < -0.4 is 0 Å². The number of hydrogen-bond acceptors (Lipinski definition) is 8. The molecule has 3 saturated carbocycles. The Kier molecular flexibility index (Phi) is 6.95. The maximum Gasteiger partial charge on any atom is 0.466 e. The van der Waals surface area contributed by atoms with Gasteiger partial charge in [0.15, 0.2) is 23.8 Å². The van der Waals surface area contributed by atoms with E-state index in [2.05, 4.69) is 13.8 Å². The Morgan fingerprint density at radius 3 is 2.54 bits per heavy atom. The number of carbonyl (C=O) groups is 3. The number of aliphatic hydroxyl groups is 1. The molecular formula is C25H34NO10P. The maximum atomic E-state index is 13.5. The van der Waals surface area contributed by atoms with Crippen LogP contribution in [0.3, 0.4) is 0 Å². The Hall–Kier alpha value is -2.17. The highest BCUT2D eigenvalue weighted by Crippen LogP contribution is 2.69. The molecular weight excluding hydrogens is 505 g/mol. The van der Waals surface area contributed by atoms with Crippen LogP contribution in [0.4, 0.5) is 0 Å². The van der Waals surface area contributed by atoms with Gasteiger partial charge < -0.3 is 29.3 Å². The van der Waals surface area contributed by atoms with Crippen molar-refractivity contribution in [2.75, 3.05) is 6.61 Å². The van der Waals surface area contributed by atoms with Gasteiger partial charge in [0.1, 0.15) is 6.10 Å². The van der Waals surface area contributed by atoms with E-state index in [0.29, 0.717) is 18.7 Å². The van der Waals surface area contributed by atoms with Crippen LogP contribution in [0, 0.1) is 28.6 Å². The van der Waals surface area contributed by atoms with Gasteiger partial charge in [0.2, 0.25) is 5.78 Å². The second-order valence-electron chi connectivity index (χ2n) is 11.2. The zero-order chi connectivity index (χ0) is 27.6. The molecule has 0 aromatic heterocycles. The van der Waals surface area contributed by atoms with Crippen LogP contribution in [0.25, 0.3) is 0 Å². The highest BCUT2D eigenvalue weighted by molar-refractivity contribution is 7.45. The number of aliphatic hydroxyl groups excluding tert-OH is 1. The van der Waals surface area contributed by atoms with E-state index in [-0.39, 0.29) is 41.3 Å². The molecule has 5 rings (SSSR count). The van der Waals surface area contributed by atoms with Gasteiger partial charge in [-0.05, 0) is 49.7 Å². The SMILES string of the molecule is CC(=O)OCC(=O)[C@@]12N=C(C)O[C@@H]1C[C@H]1[C@@H]3CCC4=CC(=O)C=C[C@]4(C)[C@H]3[C@@H](O)C[C@@]12C.O=P(O)(O)O. The van der Waals surface area contributed by atoms with Gasteiger partial charge in [-0.1, -0.05) is 25.5 Å². The third-order valence-corrected chi connectivity index (χ3v) is 9.17. The summed E-state index contributed by atoms with van der Waals surface area (Å²) in [5.74, 6) is -0.0140. The Balaban J connectivity index is 0.000000586. The number of rotatable bonds is 3. The smallest absolute Gasteiger partial charge is 0.466 e. The Morgan fingerprint density at radius 2 is 1.92 bits per heavy atom. The first kappa shape index (κ1) is 27.9. The van der Waals surface area contributed by atoms with Crippen LogP contribution >= 0.6 is 7.82 Å². The topological polar surface area (TPSA) is 180 Å². The predicted molar refractivity (Wildman–Crippen MR) is 130 cm³/mol. The monoisotopic (exact) mass is 539 g/mol.